The summed E-state index contributed by atoms with van der Waals surface area (Å²) in [6.45, 7) is 11.7. The van der Waals surface area contributed by atoms with Gasteiger partial charge < -0.3 is 25.0 Å². The van der Waals surface area contributed by atoms with Crippen molar-refractivity contribution in [3.05, 3.63) is 29.8 Å². The largest absolute Gasteiger partial charge is 0.494 e. The van der Waals surface area contributed by atoms with Crippen molar-refractivity contribution in [2.45, 2.75) is 39.3 Å². The summed E-state index contributed by atoms with van der Waals surface area (Å²) in [5, 5.41) is 6.96. The zero-order chi connectivity index (χ0) is 22.5. The van der Waals surface area contributed by atoms with Crippen LogP contribution in [0.2, 0.25) is 0 Å². The van der Waals surface area contributed by atoms with Crippen LogP contribution in [-0.2, 0) is 11.3 Å². The van der Waals surface area contributed by atoms with Gasteiger partial charge in [-0.15, -0.1) is 24.0 Å². The van der Waals surface area contributed by atoms with Gasteiger partial charge in [-0.25, -0.2) is 0 Å². The molecule has 32 heavy (non-hydrogen) atoms. The number of aliphatic imine (C=N–C) groups is 1. The molecule has 1 aromatic carbocycles. The van der Waals surface area contributed by atoms with Crippen LogP contribution in [0.5, 0.6) is 5.75 Å². The lowest BCUT2D eigenvalue weighted by atomic mass is 10.0. The first-order chi connectivity index (χ1) is 15.0. The summed E-state index contributed by atoms with van der Waals surface area (Å²) in [6, 6.07) is 8.79. The second kappa shape index (κ2) is 16.5. The van der Waals surface area contributed by atoms with Crippen LogP contribution in [0.25, 0.3) is 0 Å². The fraction of sp³-hybridized carbons (Fsp3) is 0.708. The van der Waals surface area contributed by atoms with Gasteiger partial charge in [-0.2, -0.15) is 0 Å². The average Bonchev–Trinajstić information content (AvgIpc) is 2.77. The quantitative estimate of drug-likeness (QED) is 0.177. The van der Waals surface area contributed by atoms with E-state index < -0.39 is 0 Å². The second-order valence-electron chi connectivity index (χ2n) is 8.89. The number of nitrogens with one attached hydrogen (secondary N) is 2. The molecule has 1 aliphatic heterocycles. The van der Waals surface area contributed by atoms with Crippen molar-refractivity contribution in [1.29, 1.82) is 0 Å². The van der Waals surface area contributed by atoms with Crippen LogP contribution in [0, 0.1) is 5.92 Å². The number of hydrogen-bond donors (Lipinski definition) is 2. The highest BCUT2D eigenvalue weighted by Crippen LogP contribution is 2.14. The normalized spacial score (nSPS) is 16.0. The molecule has 1 fully saturated rings. The van der Waals surface area contributed by atoms with Gasteiger partial charge in [-0.05, 0) is 50.6 Å². The lowest BCUT2D eigenvalue weighted by molar-refractivity contribution is 0.0132. The predicted octanol–water partition coefficient (Wildman–Crippen LogP) is 3.05. The molecule has 8 heteroatoms. The van der Waals surface area contributed by atoms with E-state index in [1.165, 1.54) is 12.0 Å². The van der Waals surface area contributed by atoms with Gasteiger partial charge in [0.2, 0.25) is 0 Å². The van der Waals surface area contributed by atoms with Crippen molar-refractivity contribution >= 4 is 29.9 Å². The monoisotopic (exact) mass is 561 g/mol. The van der Waals surface area contributed by atoms with Gasteiger partial charge in [-0.3, -0.25) is 9.89 Å². The van der Waals surface area contributed by atoms with E-state index in [0.717, 1.165) is 70.7 Å². The van der Waals surface area contributed by atoms with Gasteiger partial charge in [-0.1, -0.05) is 26.0 Å². The maximum Gasteiger partial charge on any atom is 0.191 e. The van der Waals surface area contributed by atoms with Crippen LogP contribution in [0.3, 0.4) is 0 Å². The third-order valence-corrected chi connectivity index (χ3v) is 5.44. The van der Waals surface area contributed by atoms with E-state index in [2.05, 4.69) is 65.5 Å². The number of halogens is 1. The van der Waals surface area contributed by atoms with Crippen LogP contribution in [0.15, 0.2) is 29.3 Å². The van der Waals surface area contributed by atoms with Crippen molar-refractivity contribution in [1.82, 2.24) is 20.4 Å². The molecule has 1 heterocycles. The Kier molecular flexibility index (Phi) is 14.9. The minimum atomic E-state index is 0. The molecule has 1 aromatic rings. The van der Waals surface area contributed by atoms with Crippen LogP contribution >= 0.6 is 24.0 Å². The fourth-order valence-electron chi connectivity index (χ4n) is 3.74. The molecule has 184 valence electrons. The Hall–Kier alpha value is -1.10. The fourth-order valence-corrected chi connectivity index (χ4v) is 3.74. The van der Waals surface area contributed by atoms with Crippen molar-refractivity contribution < 1.29 is 9.47 Å². The summed E-state index contributed by atoms with van der Waals surface area (Å²) in [5.41, 5.74) is 1.20. The van der Waals surface area contributed by atoms with Crippen LogP contribution < -0.4 is 15.4 Å². The summed E-state index contributed by atoms with van der Waals surface area (Å²) >= 11 is 0. The van der Waals surface area contributed by atoms with E-state index in [4.69, 9.17) is 9.47 Å². The van der Waals surface area contributed by atoms with Gasteiger partial charge in [0, 0.05) is 45.8 Å². The van der Waals surface area contributed by atoms with Gasteiger partial charge in [0.25, 0.3) is 0 Å². The first-order valence-electron chi connectivity index (χ1n) is 11.6. The molecule has 0 bridgehead atoms. The number of guanidine groups is 1. The summed E-state index contributed by atoms with van der Waals surface area (Å²) in [5.74, 6) is 2.42. The molecule has 0 radical (unpaired) electrons. The van der Waals surface area contributed by atoms with Crippen molar-refractivity contribution in [3.8, 4) is 5.75 Å². The molecular formula is C24H44IN5O2. The molecule has 1 atom stereocenters. The maximum absolute atomic E-state index is 5.82. The smallest absolute Gasteiger partial charge is 0.191 e. The Morgan fingerprint density at radius 1 is 1.16 bits per heavy atom. The highest BCUT2D eigenvalue weighted by atomic mass is 127. The van der Waals surface area contributed by atoms with Crippen LogP contribution in [-0.4, -0.2) is 88.9 Å². The lowest BCUT2D eigenvalue weighted by Gasteiger charge is -2.35. The SMILES string of the molecule is CN=C(NCc1ccc(OCCCN(C)C)cc1)NCC(CC(C)C)N1CCOCC1.I. The third kappa shape index (κ3) is 11.7. The average molecular weight is 562 g/mol. The first kappa shape index (κ1) is 28.9. The van der Waals surface area contributed by atoms with E-state index in [9.17, 15) is 0 Å². The summed E-state index contributed by atoms with van der Waals surface area (Å²) in [7, 11) is 5.99. The first-order valence-corrected chi connectivity index (χ1v) is 11.6. The standard InChI is InChI=1S/C24H43N5O2.HI/c1-20(2)17-22(29-12-15-30-16-13-29)19-27-24(25-3)26-18-21-7-9-23(10-8-21)31-14-6-11-28(4)5;/h7-10,20,22H,6,11-19H2,1-5H3,(H2,25,26,27);1H. The van der Waals surface area contributed by atoms with Crippen molar-refractivity contribution in [2.75, 3.05) is 67.1 Å². The topological polar surface area (TPSA) is 61.4 Å². The van der Waals surface area contributed by atoms with Crippen LogP contribution in [0.4, 0.5) is 0 Å². The Morgan fingerprint density at radius 3 is 2.44 bits per heavy atom. The van der Waals surface area contributed by atoms with Crippen molar-refractivity contribution in [3.63, 3.8) is 0 Å². The number of morpholine rings is 1. The van der Waals surface area contributed by atoms with Gasteiger partial charge in [0.15, 0.2) is 5.96 Å². The molecule has 7 nitrogen and oxygen atoms in total. The predicted molar refractivity (Wildman–Crippen MR) is 144 cm³/mol. The van der Waals surface area contributed by atoms with Crippen molar-refractivity contribution in [2.24, 2.45) is 10.9 Å². The number of benzene rings is 1. The molecule has 0 amide bonds. The molecule has 0 spiro atoms. The molecule has 1 unspecified atom stereocenters. The lowest BCUT2D eigenvalue weighted by Crippen LogP contribution is -2.50. The van der Waals surface area contributed by atoms with Gasteiger partial charge >= 0.3 is 0 Å². The molecule has 0 saturated carbocycles. The minimum Gasteiger partial charge on any atom is -0.494 e. The molecule has 1 saturated heterocycles. The highest BCUT2D eigenvalue weighted by Gasteiger charge is 2.22. The molecule has 2 rings (SSSR count). The summed E-state index contributed by atoms with van der Waals surface area (Å²) in [4.78, 5) is 9.12. The summed E-state index contributed by atoms with van der Waals surface area (Å²) < 4.78 is 11.3. The van der Waals surface area contributed by atoms with E-state index >= 15 is 0 Å². The minimum absolute atomic E-state index is 0. The second-order valence-corrected chi connectivity index (χ2v) is 8.89. The number of hydrogen-bond acceptors (Lipinski definition) is 5. The van der Waals surface area contributed by atoms with Gasteiger partial charge in [0.1, 0.15) is 5.75 Å². The third-order valence-electron chi connectivity index (χ3n) is 5.44. The summed E-state index contributed by atoms with van der Waals surface area (Å²) in [6.07, 6.45) is 2.19. The zero-order valence-corrected chi connectivity index (χ0v) is 22.9. The Balaban J connectivity index is 0.00000512. The zero-order valence-electron chi connectivity index (χ0n) is 20.6. The van der Waals surface area contributed by atoms with Gasteiger partial charge in [0.05, 0.1) is 19.8 Å². The molecule has 0 aromatic heterocycles. The molecule has 0 aliphatic carbocycles. The molecule has 1 aliphatic rings. The van der Waals surface area contributed by atoms with E-state index in [1.54, 1.807) is 0 Å². The number of nitrogens with zero attached hydrogens (tertiary/aromatic N) is 3. The number of ether oxygens (including phenoxy) is 2. The highest BCUT2D eigenvalue weighted by molar-refractivity contribution is 14.0. The Labute approximate surface area is 212 Å². The van der Waals surface area contributed by atoms with E-state index in [-0.39, 0.29) is 24.0 Å². The molecule has 2 N–H and O–H groups in total. The Bertz CT molecular complexity index is 634. The van der Waals surface area contributed by atoms with E-state index in [0.29, 0.717) is 12.0 Å². The van der Waals surface area contributed by atoms with E-state index in [1.807, 2.05) is 19.2 Å². The number of rotatable bonds is 12. The molecular weight excluding hydrogens is 517 g/mol. The Morgan fingerprint density at radius 2 is 1.84 bits per heavy atom. The van der Waals surface area contributed by atoms with Crippen LogP contribution in [0.1, 0.15) is 32.3 Å². The maximum atomic E-state index is 5.82.